The molecule has 1 atom stereocenters. The predicted molar refractivity (Wildman–Crippen MR) is 65.4 cm³/mol. The molecule has 0 saturated heterocycles. The van der Waals surface area contributed by atoms with Crippen LogP contribution in [-0.2, 0) is 11.2 Å². The highest BCUT2D eigenvalue weighted by Gasteiger charge is 2.25. The van der Waals surface area contributed by atoms with Crippen LogP contribution in [0.2, 0.25) is 0 Å². The Bertz CT molecular complexity index is 401. The highest BCUT2D eigenvalue weighted by Crippen LogP contribution is 2.24. The maximum absolute atomic E-state index is 11.8. The normalized spacial score (nSPS) is 17.4. The van der Waals surface area contributed by atoms with Gasteiger partial charge >= 0.3 is 0 Å². The van der Waals surface area contributed by atoms with E-state index in [1.54, 1.807) is 0 Å². The molecule has 0 bridgehead atoms. The second-order valence-corrected chi connectivity index (χ2v) is 4.23. The van der Waals surface area contributed by atoms with Gasteiger partial charge in [0, 0.05) is 18.7 Å². The van der Waals surface area contributed by atoms with E-state index in [0.29, 0.717) is 6.54 Å². The number of para-hydroxylation sites is 1. The summed E-state index contributed by atoms with van der Waals surface area (Å²) in [5, 5.41) is 6.07. The molecular weight excluding hydrogens is 200 g/mol. The highest BCUT2D eigenvalue weighted by atomic mass is 16.2. The Balaban J connectivity index is 1.96. The molecule has 2 N–H and O–H groups in total. The summed E-state index contributed by atoms with van der Waals surface area (Å²) < 4.78 is 0. The van der Waals surface area contributed by atoms with Crippen LogP contribution in [0.3, 0.4) is 0 Å². The molecule has 84 valence electrons. The monoisotopic (exact) mass is 216 g/mol. The Hall–Kier alpha value is -1.77. The Morgan fingerprint density at radius 1 is 1.56 bits per heavy atom. The first-order valence-electron chi connectivity index (χ1n) is 5.43. The molecule has 2 rings (SSSR count). The minimum Gasteiger partial charge on any atom is -0.373 e. The number of fused-ring (bicyclic) bond motifs is 1. The Kier molecular flexibility index (Phi) is 2.95. The number of nitrogens with one attached hydrogen (secondary N) is 2. The minimum absolute atomic E-state index is 0.0409. The number of hydrogen-bond acceptors (Lipinski definition) is 2. The van der Waals surface area contributed by atoms with Crippen molar-refractivity contribution in [3.8, 4) is 0 Å². The van der Waals surface area contributed by atoms with E-state index in [0.717, 1.165) is 17.7 Å². The minimum atomic E-state index is -0.142. The van der Waals surface area contributed by atoms with Crippen molar-refractivity contribution in [3.05, 3.63) is 42.0 Å². The maximum Gasteiger partial charge on any atom is 0.243 e. The van der Waals surface area contributed by atoms with Crippen LogP contribution in [-0.4, -0.2) is 18.5 Å². The molecule has 1 aromatic carbocycles. The fourth-order valence-corrected chi connectivity index (χ4v) is 1.82. The number of benzene rings is 1. The highest BCUT2D eigenvalue weighted by molar-refractivity contribution is 5.87. The van der Waals surface area contributed by atoms with E-state index in [1.807, 2.05) is 31.2 Å². The van der Waals surface area contributed by atoms with E-state index >= 15 is 0 Å². The molecule has 3 nitrogen and oxygen atoms in total. The van der Waals surface area contributed by atoms with E-state index in [9.17, 15) is 4.79 Å². The van der Waals surface area contributed by atoms with Gasteiger partial charge in [0.05, 0.1) is 0 Å². The summed E-state index contributed by atoms with van der Waals surface area (Å²) in [6, 6.07) is 7.88. The van der Waals surface area contributed by atoms with Crippen molar-refractivity contribution < 1.29 is 4.79 Å². The van der Waals surface area contributed by atoms with Crippen LogP contribution in [0.5, 0.6) is 0 Å². The lowest BCUT2D eigenvalue weighted by atomic mass is 10.1. The topological polar surface area (TPSA) is 41.1 Å². The number of rotatable bonds is 3. The maximum atomic E-state index is 11.8. The third-order valence-corrected chi connectivity index (χ3v) is 2.65. The first-order chi connectivity index (χ1) is 7.66. The molecule has 0 radical (unpaired) electrons. The van der Waals surface area contributed by atoms with Crippen LogP contribution in [0.25, 0.3) is 0 Å². The van der Waals surface area contributed by atoms with E-state index < -0.39 is 0 Å². The zero-order valence-corrected chi connectivity index (χ0v) is 9.42. The van der Waals surface area contributed by atoms with Gasteiger partial charge in [0.25, 0.3) is 0 Å². The number of hydrogen-bond donors (Lipinski definition) is 2. The summed E-state index contributed by atoms with van der Waals surface area (Å²) >= 11 is 0. The molecule has 1 amide bonds. The van der Waals surface area contributed by atoms with Gasteiger partial charge in [-0.3, -0.25) is 4.79 Å². The zero-order chi connectivity index (χ0) is 11.5. The number of carbonyl (C=O) groups is 1. The van der Waals surface area contributed by atoms with Gasteiger partial charge in [-0.2, -0.15) is 0 Å². The van der Waals surface area contributed by atoms with Gasteiger partial charge in [0.1, 0.15) is 6.04 Å². The average Bonchev–Trinajstić information content (AvgIpc) is 2.69. The number of amides is 1. The molecule has 0 fully saturated rings. The second-order valence-electron chi connectivity index (χ2n) is 4.23. The van der Waals surface area contributed by atoms with Crippen molar-refractivity contribution in [2.45, 2.75) is 19.4 Å². The van der Waals surface area contributed by atoms with Gasteiger partial charge in [0.15, 0.2) is 0 Å². The van der Waals surface area contributed by atoms with Crippen LogP contribution < -0.4 is 10.6 Å². The van der Waals surface area contributed by atoms with Gasteiger partial charge in [-0.25, -0.2) is 0 Å². The van der Waals surface area contributed by atoms with Crippen molar-refractivity contribution in [2.24, 2.45) is 0 Å². The zero-order valence-electron chi connectivity index (χ0n) is 9.42. The fourth-order valence-electron chi connectivity index (χ4n) is 1.82. The fraction of sp³-hybridized carbons (Fsp3) is 0.308. The van der Waals surface area contributed by atoms with Crippen LogP contribution >= 0.6 is 0 Å². The van der Waals surface area contributed by atoms with E-state index in [4.69, 9.17) is 0 Å². The standard InChI is InChI=1S/C13H16N2O/c1-9(2)8-14-13(16)12-7-10-5-3-4-6-11(10)15-12/h3-6,12,15H,1,7-8H2,2H3,(H,14,16). The predicted octanol–water partition coefficient (Wildman–Crippen LogP) is 1.72. The van der Waals surface area contributed by atoms with Gasteiger partial charge in [-0.15, -0.1) is 0 Å². The Morgan fingerprint density at radius 2 is 2.31 bits per heavy atom. The molecule has 1 aliphatic heterocycles. The molecule has 1 heterocycles. The summed E-state index contributed by atoms with van der Waals surface area (Å²) in [5.74, 6) is 0.0409. The third kappa shape index (κ3) is 2.24. The van der Waals surface area contributed by atoms with E-state index in [-0.39, 0.29) is 11.9 Å². The van der Waals surface area contributed by atoms with Crippen LogP contribution in [0.15, 0.2) is 36.4 Å². The first kappa shape index (κ1) is 10.7. The van der Waals surface area contributed by atoms with Crippen LogP contribution in [0.4, 0.5) is 5.69 Å². The lowest BCUT2D eigenvalue weighted by molar-refractivity contribution is -0.121. The molecule has 16 heavy (non-hydrogen) atoms. The number of anilines is 1. The van der Waals surface area contributed by atoms with Crippen molar-refractivity contribution in [3.63, 3.8) is 0 Å². The van der Waals surface area contributed by atoms with Crippen molar-refractivity contribution in [2.75, 3.05) is 11.9 Å². The molecule has 0 spiro atoms. The summed E-state index contributed by atoms with van der Waals surface area (Å²) in [6.07, 6.45) is 0.762. The smallest absolute Gasteiger partial charge is 0.243 e. The molecular formula is C13H16N2O. The lowest BCUT2D eigenvalue weighted by Crippen LogP contribution is -2.39. The molecule has 1 aliphatic rings. The molecule has 0 aromatic heterocycles. The summed E-state index contributed by atoms with van der Waals surface area (Å²) in [4.78, 5) is 11.8. The molecule has 3 heteroatoms. The quantitative estimate of drug-likeness (QED) is 0.755. The summed E-state index contributed by atoms with van der Waals surface area (Å²) in [6.45, 7) is 6.21. The molecule has 0 aliphatic carbocycles. The molecule has 0 saturated carbocycles. The van der Waals surface area contributed by atoms with Gasteiger partial charge < -0.3 is 10.6 Å². The summed E-state index contributed by atoms with van der Waals surface area (Å²) in [5.41, 5.74) is 3.24. The van der Waals surface area contributed by atoms with E-state index in [2.05, 4.69) is 17.2 Å². The Morgan fingerprint density at radius 3 is 3.00 bits per heavy atom. The van der Waals surface area contributed by atoms with Crippen molar-refractivity contribution in [1.29, 1.82) is 0 Å². The van der Waals surface area contributed by atoms with Gasteiger partial charge in [-0.1, -0.05) is 30.4 Å². The second kappa shape index (κ2) is 4.39. The first-order valence-corrected chi connectivity index (χ1v) is 5.43. The molecule has 1 unspecified atom stereocenters. The lowest BCUT2D eigenvalue weighted by Gasteiger charge is -2.11. The number of carbonyl (C=O) groups excluding carboxylic acids is 1. The molecule has 1 aromatic rings. The largest absolute Gasteiger partial charge is 0.373 e. The van der Waals surface area contributed by atoms with E-state index in [1.165, 1.54) is 5.56 Å². The van der Waals surface area contributed by atoms with Crippen LogP contribution in [0.1, 0.15) is 12.5 Å². The summed E-state index contributed by atoms with van der Waals surface area (Å²) in [7, 11) is 0. The van der Waals surface area contributed by atoms with Gasteiger partial charge in [-0.05, 0) is 18.6 Å². The Labute approximate surface area is 95.6 Å². The van der Waals surface area contributed by atoms with Crippen molar-refractivity contribution >= 4 is 11.6 Å². The van der Waals surface area contributed by atoms with Crippen LogP contribution in [0, 0.1) is 0 Å². The third-order valence-electron chi connectivity index (χ3n) is 2.65. The van der Waals surface area contributed by atoms with Crippen molar-refractivity contribution in [1.82, 2.24) is 5.32 Å². The van der Waals surface area contributed by atoms with Gasteiger partial charge in [0.2, 0.25) is 5.91 Å². The SMILES string of the molecule is C=C(C)CNC(=O)C1Cc2ccccc2N1. The average molecular weight is 216 g/mol.